The van der Waals surface area contributed by atoms with E-state index >= 15 is 0 Å². The Morgan fingerprint density at radius 3 is 2.21 bits per heavy atom. The van der Waals surface area contributed by atoms with Crippen LogP contribution in [0.3, 0.4) is 0 Å². The first kappa shape index (κ1) is 16.3. The van der Waals surface area contributed by atoms with Crippen molar-refractivity contribution in [3.05, 3.63) is 96.1 Å². The molecule has 1 N–H and O–H groups in total. The summed E-state index contributed by atoms with van der Waals surface area (Å²) >= 11 is 0. The number of hydrogen-bond donors (Lipinski definition) is 1. The Morgan fingerprint density at radius 1 is 0.679 bits per heavy atom. The number of carbonyl (C=O) groups is 2. The van der Waals surface area contributed by atoms with E-state index in [-0.39, 0.29) is 17.6 Å². The lowest BCUT2D eigenvalue weighted by Crippen LogP contribution is -2.29. The number of nitrogens with zero attached hydrogens (tertiary/aromatic N) is 1. The summed E-state index contributed by atoms with van der Waals surface area (Å²) in [4.78, 5) is 27.7. The summed E-state index contributed by atoms with van der Waals surface area (Å²) in [5, 5.41) is 11.6. The minimum atomic E-state index is -0.381. The third kappa shape index (κ3) is 2.32. The lowest BCUT2D eigenvalue weighted by Gasteiger charge is -2.14. The van der Waals surface area contributed by atoms with Crippen molar-refractivity contribution in [2.45, 2.75) is 0 Å². The van der Waals surface area contributed by atoms with Crippen LogP contribution in [-0.2, 0) is 0 Å². The smallest absolute Gasteiger partial charge is 0.266 e. The quantitative estimate of drug-likeness (QED) is 0.508. The van der Waals surface area contributed by atoms with Crippen LogP contribution in [0.2, 0.25) is 0 Å². The van der Waals surface area contributed by atoms with Crippen LogP contribution < -0.4 is 4.90 Å². The Labute approximate surface area is 161 Å². The van der Waals surface area contributed by atoms with Gasteiger partial charge in [0.25, 0.3) is 11.8 Å². The first-order valence-electron chi connectivity index (χ1n) is 8.94. The number of anilines is 1. The molecule has 1 aliphatic rings. The molecule has 4 nitrogen and oxygen atoms in total. The van der Waals surface area contributed by atoms with Gasteiger partial charge in [0.05, 0.1) is 16.8 Å². The molecule has 0 atom stereocenters. The Bertz CT molecular complexity index is 1260. The van der Waals surface area contributed by atoms with Gasteiger partial charge < -0.3 is 5.11 Å². The highest BCUT2D eigenvalue weighted by Crippen LogP contribution is 2.40. The molecule has 0 spiro atoms. The monoisotopic (exact) mass is 365 g/mol. The third-order valence-electron chi connectivity index (χ3n) is 5.05. The maximum atomic E-state index is 13.4. The topological polar surface area (TPSA) is 57.6 Å². The Morgan fingerprint density at radius 2 is 1.43 bits per heavy atom. The summed E-state index contributed by atoms with van der Waals surface area (Å²) in [6, 6.07) is 25.3. The molecule has 0 unspecified atom stereocenters. The number of fused-ring (bicyclic) bond motifs is 2. The Balaban J connectivity index is 1.82. The molecule has 0 bridgehead atoms. The maximum Gasteiger partial charge on any atom is 0.266 e. The molecular formula is C24H15NO3. The van der Waals surface area contributed by atoms with Gasteiger partial charge in [0.2, 0.25) is 0 Å². The summed E-state index contributed by atoms with van der Waals surface area (Å²) < 4.78 is 0. The van der Waals surface area contributed by atoms with Crippen molar-refractivity contribution in [2.24, 2.45) is 0 Å². The van der Waals surface area contributed by atoms with E-state index in [1.807, 2.05) is 54.6 Å². The zero-order chi connectivity index (χ0) is 19.3. The molecule has 0 aromatic heterocycles. The summed E-state index contributed by atoms with van der Waals surface area (Å²) in [7, 11) is 0. The normalized spacial score (nSPS) is 13.2. The second-order valence-electron chi connectivity index (χ2n) is 6.73. The van der Waals surface area contributed by atoms with Gasteiger partial charge in [-0.15, -0.1) is 0 Å². The molecule has 0 fully saturated rings. The summed E-state index contributed by atoms with van der Waals surface area (Å²) in [6.07, 6.45) is 0. The number of phenols is 1. The highest BCUT2D eigenvalue weighted by Gasteiger charge is 2.39. The van der Waals surface area contributed by atoms with Gasteiger partial charge in [-0.2, -0.15) is 0 Å². The van der Waals surface area contributed by atoms with E-state index in [1.54, 1.807) is 18.2 Å². The average Bonchev–Trinajstić information content (AvgIpc) is 2.97. The van der Waals surface area contributed by atoms with Crippen molar-refractivity contribution in [2.75, 3.05) is 4.90 Å². The van der Waals surface area contributed by atoms with Crippen LogP contribution in [0.4, 0.5) is 5.69 Å². The largest absolute Gasteiger partial charge is 0.508 e. The number of imide groups is 1. The molecule has 28 heavy (non-hydrogen) atoms. The maximum absolute atomic E-state index is 13.4. The predicted molar refractivity (Wildman–Crippen MR) is 109 cm³/mol. The van der Waals surface area contributed by atoms with Gasteiger partial charge >= 0.3 is 0 Å². The molecule has 0 saturated heterocycles. The van der Waals surface area contributed by atoms with Crippen molar-refractivity contribution in [1.82, 2.24) is 0 Å². The molecule has 4 heteroatoms. The molecule has 0 aliphatic carbocycles. The van der Waals surface area contributed by atoms with Crippen molar-refractivity contribution >= 4 is 28.3 Å². The fourth-order valence-corrected chi connectivity index (χ4v) is 3.83. The zero-order valence-electron chi connectivity index (χ0n) is 14.8. The van der Waals surface area contributed by atoms with Crippen molar-refractivity contribution < 1.29 is 14.7 Å². The highest BCUT2D eigenvalue weighted by atomic mass is 16.3. The van der Waals surface area contributed by atoms with Crippen LogP contribution in [0.15, 0.2) is 84.9 Å². The molecule has 1 aliphatic heterocycles. The molecule has 134 valence electrons. The first-order chi connectivity index (χ1) is 13.6. The van der Waals surface area contributed by atoms with E-state index in [1.165, 1.54) is 12.1 Å². The molecular weight excluding hydrogens is 350 g/mol. The number of carbonyl (C=O) groups excluding carboxylic acids is 2. The predicted octanol–water partition coefficient (Wildman–Crippen LogP) is 5.01. The molecule has 5 rings (SSSR count). The number of benzene rings is 4. The van der Waals surface area contributed by atoms with Crippen LogP contribution in [-0.4, -0.2) is 16.9 Å². The standard InChI is InChI=1S/C24H15NO3/c26-18-11-6-10-17(14-18)25-23(27)20-13-16-9-4-5-12-19(16)21(22(20)24(25)28)15-7-2-1-3-8-15/h1-14,26H. The fraction of sp³-hybridized carbons (Fsp3) is 0. The highest BCUT2D eigenvalue weighted by molar-refractivity contribution is 6.37. The molecule has 1 heterocycles. The van der Waals surface area contributed by atoms with Crippen LogP contribution in [0.1, 0.15) is 20.7 Å². The lowest BCUT2D eigenvalue weighted by molar-refractivity contribution is 0.0926. The minimum absolute atomic E-state index is 0.00231. The number of hydrogen-bond acceptors (Lipinski definition) is 3. The van der Waals surface area contributed by atoms with E-state index < -0.39 is 0 Å². The zero-order valence-corrected chi connectivity index (χ0v) is 14.8. The summed E-state index contributed by atoms with van der Waals surface area (Å²) in [5.41, 5.74) is 2.78. The van der Waals surface area contributed by atoms with E-state index in [4.69, 9.17) is 0 Å². The van der Waals surface area contributed by atoms with Gasteiger partial charge in [0.15, 0.2) is 0 Å². The molecule has 0 saturated carbocycles. The van der Waals surface area contributed by atoms with Gasteiger partial charge in [-0.1, -0.05) is 60.7 Å². The first-order valence-corrected chi connectivity index (χ1v) is 8.94. The number of amides is 2. The number of aromatic hydroxyl groups is 1. The molecule has 2 amide bonds. The second kappa shape index (κ2) is 6.06. The molecule has 0 radical (unpaired) electrons. The van der Waals surface area contributed by atoms with Gasteiger partial charge in [-0.3, -0.25) is 9.59 Å². The van der Waals surface area contributed by atoms with Crippen LogP contribution in [0, 0.1) is 0 Å². The van der Waals surface area contributed by atoms with Crippen LogP contribution in [0.25, 0.3) is 21.9 Å². The molecule has 4 aromatic rings. The van der Waals surface area contributed by atoms with E-state index in [0.717, 1.165) is 26.8 Å². The van der Waals surface area contributed by atoms with E-state index in [9.17, 15) is 14.7 Å². The van der Waals surface area contributed by atoms with Gasteiger partial charge in [-0.05, 0) is 34.5 Å². The molecule has 4 aromatic carbocycles. The summed E-state index contributed by atoms with van der Waals surface area (Å²) in [6.45, 7) is 0. The van der Waals surface area contributed by atoms with Gasteiger partial charge in [0, 0.05) is 11.6 Å². The van der Waals surface area contributed by atoms with Crippen molar-refractivity contribution in [1.29, 1.82) is 0 Å². The van der Waals surface area contributed by atoms with Crippen LogP contribution in [0.5, 0.6) is 5.75 Å². The fourth-order valence-electron chi connectivity index (χ4n) is 3.83. The summed E-state index contributed by atoms with van der Waals surface area (Å²) in [5.74, 6) is -0.758. The lowest BCUT2D eigenvalue weighted by atomic mass is 9.90. The SMILES string of the molecule is O=C1c2cc3ccccc3c(-c3ccccc3)c2C(=O)N1c1cccc(O)c1. The van der Waals surface area contributed by atoms with Crippen LogP contribution >= 0.6 is 0 Å². The third-order valence-corrected chi connectivity index (χ3v) is 5.05. The average molecular weight is 365 g/mol. The van der Waals surface area contributed by atoms with Crippen molar-refractivity contribution in [3.8, 4) is 16.9 Å². The minimum Gasteiger partial charge on any atom is -0.508 e. The van der Waals surface area contributed by atoms with Gasteiger partial charge in [0.1, 0.15) is 5.75 Å². The number of rotatable bonds is 2. The number of phenolic OH excluding ortho intramolecular Hbond substituents is 1. The van der Waals surface area contributed by atoms with Crippen molar-refractivity contribution in [3.63, 3.8) is 0 Å². The second-order valence-corrected chi connectivity index (χ2v) is 6.73. The Kier molecular flexibility index (Phi) is 3.52. The Hall–Kier alpha value is -3.92. The van der Waals surface area contributed by atoms with Gasteiger partial charge in [-0.25, -0.2) is 4.90 Å². The van der Waals surface area contributed by atoms with E-state index in [2.05, 4.69) is 0 Å². The van der Waals surface area contributed by atoms with E-state index in [0.29, 0.717) is 16.8 Å².